The minimum atomic E-state index is -0.255. The van der Waals surface area contributed by atoms with Crippen molar-refractivity contribution in [2.45, 2.75) is 37.6 Å². The van der Waals surface area contributed by atoms with E-state index in [0.29, 0.717) is 24.7 Å². The standard InChI is InChI=1S/C23H27FN4O.2ClH/c24-17-8-5-14(6-9-17)16-7-10-19-20(12-16)28-22(21(19)15-3-4-15)23(29)27-13-18(26)2-1-11-25;;/h5-10,12,15,18,28H,1-4,11,13,25-26H2,(H,27,29);2*1H/t18-;;/m0../s1. The van der Waals surface area contributed by atoms with E-state index in [1.807, 2.05) is 12.1 Å². The van der Waals surface area contributed by atoms with E-state index in [0.717, 1.165) is 53.3 Å². The highest BCUT2D eigenvalue weighted by molar-refractivity contribution is 6.02. The number of hydrogen-bond acceptors (Lipinski definition) is 3. The van der Waals surface area contributed by atoms with E-state index in [1.165, 1.54) is 12.1 Å². The number of rotatable bonds is 8. The van der Waals surface area contributed by atoms with Gasteiger partial charge in [-0.25, -0.2) is 4.39 Å². The van der Waals surface area contributed by atoms with Crippen molar-refractivity contribution in [3.63, 3.8) is 0 Å². The van der Waals surface area contributed by atoms with Crippen molar-refractivity contribution >= 4 is 41.6 Å². The third kappa shape index (κ3) is 5.77. The maximum atomic E-state index is 13.2. The van der Waals surface area contributed by atoms with Gasteiger partial charge in [0.2, 0.25) is 0 Å². The van der Waals surface area contributed by atoms with Crippen molar-refractivity contribution in [3.05, 3.63) is 59.5 Å². The third-order valence-corrected chi connectivity index (χ3v) is 5.53. The minimum Gasteiger partial charge on any atom is -0.350 e. The second-order valence-electron chi connectivity index (χ2n) is 7.86. The average molecular weight is 467 g/mol. The molecular weight excluding hydrogens is 438 g/mol. The molecule has 1 fully saturated rings. The van der Waals surface area contributed by atoms with Crippen LogP contribution in [0.25, 0.3) is 22.0 Å². The lowest BCUT2D eigenvalue weighted by molar-refractivity contribution is 0.0945. The third-order valence-electron chi connectivity index (χ3n) is 5.53. The summed E-state index contributed by atoms with van der Waals surface area (Å²) in [4.78, 5) is 16.2. The van der Waals surface area contributed by atoms with Crippen molar-refractivity contribution in [2.75, 3.05) is 13.1 Å². The van der Waals surface area contributed by atoms with E-state index in [9.17, 15) is 9.18 Å². The van der Waals surface area contributed by atoms with Crippen LogP contribution in [0.5, 0.6) is 0 Å². The van der Waals surface area contributed by atoms with Gasteiger partial charge in [-0.15, -0.1) is 24.8 Å². The molecule has 4 rings (SSSR count). The summed E-state index contributed by atoms with van der Waals surface area (Å²) < 4.78 is 13.2. The number of fused-ring (bicyclic) bond motifs is 1. The summed E-state index contributed by atoms with van der Waals surface area (Å²) in [5, 5.41) is 4.05. The Morgan fingerprint density at radius 2 is 1.81 bits per heavy atom. The van der Waals surface area contributed by atoms with Gasteiger partial charge in [0.1, 0.15) is 11.5 Å². The molecule has 6 N–H and O–H groups in total. The smallest absolute Gasteiger partial charge is 0.268 e. The zero-order chi connectivity index (χ0) is 20.4. The van der Waals surface area contributed by atoms with Crippen molar-refractivity contribution in [1.29, 1.82) is 0 Å². The quantitative estimate of drug-likeness (QED) is 0.393. The zero-order valence-corrected chi connectivity index (χ0v) is 18.8. The number of carbonyl (C=O) groups excluding carboxylic acids is 1. The van der Waals surface area contributed by atoms with Crippen LogP contribution in [0.3, 0.4) is 0 Å². The lowest BCUT2D eigenvalue weighted by Gasteiger charge is -2.12. The van der Waals surface area contributed by atoms with Crippen molar-refractivity contribution in [2.24, 2.45) is 11.5 Å². The Morgan fingerprint density at radius 3 is 2.45 bits per heavy atom. The summed E-state index contributed by atoms with van der Waals surface area (Å²) >= 11 is 0. The number of hydrogen-bond donors (Lipinski definition) is 4. The Morgan fingerprint density at radius 1 is 1.13 bits per heavy atom. The first kappa shape index (κ1) is 25.1. The van der Waals surface area contributed by atoms with Crippen LogP contribution in [0.4, 0.5) is 4.39 Å². The van der Waals surface area contributed by atoms with Crippen molar-refractivity contribution in [3.8, 4) is 11.1 Å². The van der Waals surface area contributed by atoms with Gasteiger partial charge in [-0.1, -0.05) is 24.3 Å². The van der Waals surface area contributed by atoms with Crippen LogP contribution in [0.2, 0.25) is 0 Å². The van der Waals surface area contributed by atoms with Crippen LogP contribution in [0.1, 0.15) is 47.7 Å². The van der Waals surface area contributed by atoms with Crippen molar-refractivity contribution < 1.29 is 9.18 Å². The van der Waals surface area contributed by atoms with Gasteiger partial charge in [-0.2, -0.15) is 0 Å². The fourth-order valence-electron chi connectivity index (χ4n) is 3.81. The normalized spacial score (nSPS) is 13.9. The summed E-state index contributed by atoms with van der Waals surface area (Å²) in [5.74, 6) is 0.0519. The molecule has 0 aliphatic heterocycles. The Labute approximate surface area is 194 Å². The van der Waals surface area contributed by atoms with E-state index < -0.39 is 0 Å². The van der Waals surface area contributed by atoms with Gasteiger partial charge in [0.05, 0.1) is 0 Å². The largest absolute Gasteiger partial charge is 0.350 e. The SMILES string of the molecule is Cl.Cl.NCCC[C@H](N)CNC(=O)c1[nH]c2cc(-c3ccc(F)cc3)ccc2c1C1CC1. The number of nitrogens with two attached hydrogens (primary N) is 2. The van der Waals surface area contributed by atoms with Gasteiger partial charge in [-0.3, -0.25) is 4.79 Å². The Bertz CT molecular complexity index is 1020. The molecule has 0 spiro atoms. The molecule has 1 atom stereocenters. The fourth-order valence-corrected chi connectivity index (χ4v) is 3.81. The molecule has 1 amide bonds. The summed E-state index contributed by atoms with van der Waals surface area (Å²) in [7, 11) is 0. The molecule has 3 aromatic rings. The summed E-state index contributed by atoms with van der Waals surface area (Å²) in [6.07, 6.45) is 3.84. The monoisotopic (exact) mass is 466 g/mol. The van der Waals surface area contributed by atoms with Crippen molar-refractivity contribution in [1.82, 2.24) is 10.3 Å². The summed E-state index contributed by atoms with van der Waals surface area (Å²) in [6.45, 7) is 1.03. The molecule has 1 saturated carbocycles. The lowest BCUT2D eigenvalue weighted by atomic mass is 10.0. The molecule has 0 bridgehead atoms. The number of carbonyl (C=O) groups is 1. The first-order valence-electron chi connectivity index (χ1n) is 10.2. The average Bonchev–Trinajstić information content (AvgIpc) is 3.50. The summed E-state index contributed by atoms with van der Waals surface area (Å²) in [6, 6.07) is 12.4. The predicted octanol–water partition coefficient (Wildman–Crippen LogP) is 4.49. The molecule has 5 nitrogen and oxygen atoms in total. The van der Waals surface area contributed by atoms with Crippen LogP contribution in [-0.4, -0.2) is 30.0 Å². The van der Waals surface area contributed by atoms with Gasteiger partial charge in [0.25, 0.3) is 5.91 Å². The van der Waals surface area contributed by atoms with Gasteiger partial charge in [-0.05, 0) is 73.0 Å². The molecular formula is C23H29Cl2FN4O. The van der Waals surface area contributed by atoms with E-state index in [-0.39, 0.29) is 42.6 Å². The van der Waals surface area contributed by atoms with Gasteiger partial charge in [0.15, 0.2) is 0 Å². The zero-order valence-electron chi connectivity index (χ0n) is 17.2. The van der Waals surface area contributed by atoms with Crippen LogP contribution >= 0.6 is 24.8 Å². The Kier molecular flexibility index (Phi) is 8.89. The number of amides is 1. The number of aromatic amines is 1. The lowest BCUT2D eigenvalue weighted by Crippen LogP contribution is -2.37. The molecule has 31 heavy (non-hydrogen) atoms. The highest BCUT2D eigenvalue weighted by atomic mass is 35.5. The topological polar surface area (TPSA) is 96.9 Å². The highest BCUT2D eigenvalue weighted by Crippen LogP contribution is 2.45. The van der Waals surface area contributed by atoms with Crippen LogP contribution in [-0.2, 0) is 0 Å². The second-order valence-corrected chi connectivity index (χ2v) is 7.86. The first-order valence-corrected chi connectivity index (χ1v) is 10.2. The van der Waals surface area contributed by atoms with Gasteiger partial charge in [0, 0.05) is 23.5 Å². The molecule has 1 aromatic heterocycles. The second kappa shape index (κ2) is 11.0. The van der Waals surface area contributed by atoms with E-state index >= 15 is 0 Å². The van der Waals surface area contributed by atoms with E-state index in [4.69, 9.17) is 11.5 Å². The highest BCUT2D eigenvalue weighted by Gasteiger charge is 2.31. The predicted molar refractivity (Wildman–Crippen MR) is 129 cm³/mol. The minimum absolute atomic E-state index is 0. The van der Waals surface area contributed by atoms with Crippen LogP contribution < -0.4 is 16.8 Å². The molecule has 0 radical (unpaired) electrons. The molecule has 0 saturated heterocycles. The molecule has 1 aliphatic carbocycles. The number of benzene rings is 2. The Hall–Kier alpha value is -2.12. The first-order chi connectivity index (χ1) is 14.1. The van der Waals surface area contributed by atoms with Crippen LogP contribution in [0.15, 0.2) is 42.5 Å². The fraction of sp³-hybridized carbons (Fsp3) is 0.348. The van der Waals surface area contributed by atoms with Crippen LogP contribution in [0, 0.1) is 5.82 Å². The molecule has 2 aromatic carbocycles. The molecule has 8 heteroatoms. The maximum absolute atomic E-state index is 13.2. The number of nitrogens with one attached hydrogen (secondary N) is 2. The van der Waals surface area contributed by atoms with Gasteiger partial charge >= 0.3 is 0 Å². The number of H-pyrrole nitrogens is 1. The van der Waals surface area contributed by atoms with E-state index in [1.54, 1.807) is 12.1 Å². The molecule has 0 unspecified atom stereocenters. The molecule has 168 valence electrons. The number of halogens is 3. The molecule has 1 aliphatic rings. The number of aromatic nitrogens is 1. The van der Waals surface area contributed by atoms with E-state index in [2.05, 4.69) is 16.4 Å². The summed E-state index contributed by atoms with van der Waals surface area (Å²) in [5.41, 5.74) is 16.2. The molecule has 1 heterocycles. The maximum Gasteiger partial charge on any atom is 0.268 e. The van der Waals surface area contributed by atoms with Gasteiger partial charge < -0.3 is 21.8 Å². The Balaban J connectivity index is 0.00000171.